The van der Waals surface area contributed by atoms with E-state index in [-0.39, 0.29) is 44.8 Å². The predicted octanol–water partition coefficient (Wildman–Crippen LogP) is 9.02. The van der Waals surface area contributed by atoms with E-state index < -0.39 is 13.9 Å². The van der Waals surface area contributed by atoms with Crippen LogP contribution in [0.4, 0.5) is 0 Å². The van der Waals surface area contributed by atoms with Crippen molar-refractivity contribution in [2.24, 2.45) is 0 Å². The topological polar surface area (TPSA) is 101 Å². The molecule has 0 amide bonds. The summed E-state index contributed by atoms with van der Waals surface area (Å²) < 4.78 is 40.3. The molecule has 0 spiro atoms. The quantitative estimate of drug-likeness (QED) is 0.0407. The lowest BCUT2D eigenvalue weighted by molar-refractivity contribution is -0.161. The molecule has 0 aliphatic heterocycles. The molecular formula is C33H66NO8P. The first-order valence-electron chi connectivity index (χ1n) is 17.3. The van der Waals surface area contributed by atoms with Crippen LogP contribution in [0.15, 0.2) is 0 Å². The number of hydrogen-bond acceptors (Lipinski definition) is 9. The number of nitrogens with zero attached hydrogens (tertiary/aromatic N) is 1. The highest BCUT2D eigenvalue weighted by Gasteiger charge is 2.29. The molecule has 43 heavy (non-hydrogen) atoms. The van der Waals surface area contributed by atoms with Crippen LogP contribution < -0.4 is 0 Å². The average Bonchev–Trinajstić information content (AvgIpc) is 2.96. The predicted molar refractivity (Wildman–Crippen MR) is 174 cm³/mol. The zero-order valence-corrected chi connectivity index (χ0v) is 29.3. The summed E-state index contributed by atoms with van der Waals surface area (Å²) in [5, 5.41) is 0. The lowest BCUT2D eigenvalue weighted by Crippen LogP contribution is -2.30. The van der Waals surface area contributed by atoms with Crippen molar-refractivity contribution < 1.29 is 37.2 Å². The van der Waals surface area contributed by atoms with Gasteiger partial charge in [-0.3, -0.25) is 23.2 Å². The average molecular weight is 636 g/mol. The first-order valence-corrected chi connectivity index (χ1v) is 18.8. The van der Waals surface area contributed by atoms with Gasteiger partial charge in [0.15, 0.2) is 6.10 Å². The first kappa shape index (κ1) is 42.0. The van der Waals surface area contributed by atoms with Gasteiger partial charge in [0.2, 0.25) is 0 Å². The maximum Gasteiger partial charge on any atom is 0.474 e. The van der Waals surface area contributed by atoms with Crippen LogP contribution in [0.5, 0.6) is 0 Å². The van der Waals surface area contributed by atoms with E-state index in [1.807, 2.05) is 19.0 Å². The second kappa shape index (κ2) is 29.7. The van der Waals surface area contributed by atoms with Crippen molar-refractivity contribution in [1.29, 1.82) is 0 Å². The minimum Gasteiger partial charge on any atom is -0.462 e. The van der Waals surface area contributed by atoms with Crippen molar-refractivity contribution in [3.05, 3.63) is 0 Å². The monoisotopic (exact) mass is 635 g/mol. The fraction of sp³-hybridized carbons (Fsp3) is 0.939. The standard InChI is InChI=1S/C33H66NO8P/c1-6-9-11-13-15-17-19-21-23-25-32(35)38-29-31(30-41-43(37,39-8-3)40-28-27-34(4)5)42-33(36)26-24-22-20-18-16-14-12-10-7-2/h31H,6-30H2,1-5H3/t31-,43?/m0/s1. The molecule has 0 aromatic rings. The molecule has 1 unspecified atom stereocenters. The number of unbranched alkanes of at least 4 members (excludes halogenated alkanes) is 16. The van der Waals surface area contributed by atoms with Gasteiger partial charge in [0.05, 0.1) is 19.8 Å². The van der Waals surface area contributed by atoms with Gasteiger partial charge in [-0.05, 0) is 33.9 Å². The molecule has 0 aromatic heterocycles. The number of likely N-dealkylation sites (N-methyl/N-ethyl adjacent to an activating group) is 1. The highest BCUT2D eigenvalue weighted by Crippen LogP contribution is 2.49. The largest absolute Gasteiger partial charge is 0.474 e. The maximum absolute atomic E-state index is 13.0. The zero-order chi connectivity index (χ0) is 32.0. The Labute approximate surface area is 264 Å². The normalized spacial score (nSPS) is 13.6. The second-order valence-corrected chi connectivity index (χ2v) is 13.4. The van der Waals surface area contributed by atoms with E-state index in [4.69, 9.17) is 23.0 Å². The number of carbonyl (C=O) groups excluding carboxylic acids is 2. The van der Waals surface area contributed by atoms with Gasteiger partial charge in [0.1, 0.15) is 6.61 Å². The summed E-state index contributed by atoms with van der Waals surface area (Å²) in [6.07, 6.45) is 20.5. The Bertz CT molecular complexity index is 706. The van der Waals surface area contributed by atoms with Gasteiger partial charge in [-0.2, -0.15) is 0 Å². The molecule has 9 nitrogen and oxygen atoms in total. The van der Waals surface area contributed by atoms with E-state index in [1.165, 1.54) is 77.0 Å². The summed E-state index contributed by atoms with van der Waals surface area (Å²) in [5.41, 5.74) is 0. The molecule has 10 heteroatoms. The van der Waals surface area contributed by atoms with Gasteiger partial charge in [-0.15, -0.1) is 0 Å². The van der Waals surface area contributed by atoms with E-state index >= 15 is 0 Å². The Hall–Kier alpha value is -0.990. The SMILES string of the molecule is CCCCCCCCCCCC(=O)OC[C@@H](COP(=O)(OCC)OCCN(C)C)OC(=O)CCCCCCCCCCC. The Balaban J connectivity index is 4.66. The zero-order valence-electron chi connectivity index (χ0n) is 28.4. The Morgan fingerprint density at radius 2 is 1.07 bits per heavy atom. The minimum absolute atomic E-state index is 0.135. The van der Waals surface area contributed by atoms with Crippen LogP contribution in [0, 0.1) is 0 Å². The molecule has 0 rings (SSSR count). The van der Waals surface area contributed by atoms with Crippen LogP contribution in [0.1, 0.15) is 149 Å². The molecule has 0 heterocycles. The smallest absolute Gasteiger partial charge is 0.462 e. The number of rotatable bonds is 32. The van der Waals surface area contributed by atoms with Crippen molar-refractivity contribution in [1.82, 2.24) is 4.90 Å². The highest BCUT2D eigenvalue weighted by atomic mass is 31.2. The molecule has 0 aliphatic rings. The van der Waals surface area contributed by atoms with Crippen molar-refractivity contribution in [2.45, 2.75) is 155 Å². The van der Waals surface area contributed by atoms with E-state index in [0.29, 0.717) is 13.0 Å². The summed E-state index contributed by atoms with van der Waals surface area (Å²) in [7, 11) is -0.107. The molecule has 0 fully saturated rings. The molecule has 0 aromatic carbocycles. The number of ether oxygens (including phenoxy) is 2. The first-order chi connectivity index (χ1) is 20.8. The molecule has 0 saturated heterocycles. The lowest BCUT2D eigenvalue weighted by atomic mass is 10.1. The van der Waals surface area contributed by atoms with Gasteiger partial charge in [-0.1, -0.05) is 117 Å². The number of hydrogen-bond donors (Lipinski definition) is 0. The van der Waals surface area contributed by atoms with Crippen LogP contribution in [-0.2, 0) is 37.2 Å². The molecule has 0 N–H and O–H groups in total. The molecule has 256 valence electrons. The fourth-order valence-corrected chi connectivity index (χ4v) is 5.75. The van der Waals surface area contributed by atoms with Crippen LogP contribution in [-0.4, -0.2) is 70.0 Å². The summed E-state index contributed by atoms with van der Waals surface area (Å²) in [6.45, 7) is 6.54. The Kier molecular flexibility index (Phi) is 29.0. The summed E-state index contributed by atoms with van der Waals surface area (Å²) in [4.78, 5) is 26.9. The van der Waals surface area contributed by atoms with Gasteiger partial charge >= 0.3 is 19.8 Å². The molecule has 0 saturated carbocycles. The van der Waals surface area contributed by atoms with Crippen LogP contribution >= 0.6 is 7.82 Å². The lowest BCUT2D eigenvalue weighted by Gasteiger charge is -2.22. The minimum atomic E-state index is -3.86. The van der Waals surface area contributed by atoms with E-state index in [9.17, 15) is 14.2 Å². The van der Waals surface area contributed by atoms with Gasteiger partial charge in [0, 0.05) is 19.4 Å². The third-order valence-corrected chi connectivity index (χ3v) is 8.73. The third kappa shape index (κ3) is 28.2. The number of carbonyl (C=O) groups is 2. The fourth-order valence-electron chi connectivity index (χ4n) is 4.56. The summed E-state index contributed by atoms with van der Waals surface area (Å²) in [5.74, 6) is -0.718. The molecule has 2 atom stereocenters. The molecule has 0 aliphatic carbocycles. The third-order valence-electron chi connectivity index (χ3n) is 7.19. The Morgan fingerprint density at radius 3 is 1.53 bits per heavy atom. The Morgan fingerprint density at radius 1 is 0.605 bits per heavy atom. The van der Waals surface area contributed by atoms with E-state index in [1.54, 1.807) is 6.92 Å². The second-order valence-electron chi connectivity index (χ2n) is 11.7. The van der Waals surface area contributed by atoms with Crippen LogP contribution in [0.2, 0.25) is 0 Å². The molecular weight excluding hydrogens is 569 g/mol. The van der Waals surface area contributed by atoms with Gasteiger partial charge in [0.25, 0.3) is 0 Å². The van der Waals surface area contributed by atoms with Crippen LogP contribution in [0.3, 0.4) is 0 Å². The number of esters is 2. The maximum atomic E-state index is 13.0. The van der Waals surface area contributed by atoms with Crippen molar-refractivity contribution in [2.75, 3.05) is 47.1 Å². The van der Waals surface area contributed by atoms with Gasteiger partial charge < -0.3 is 14.4 Å². The van der Waals surface area contributed by atoms with E-state index in [0.717, 1.165) is 38.5 Å². The van der Waals surface area contributed by atoms with Gasteiger partial charge in [-0.25, -0.2) is 4.57 Å². The molecule has 0 radical (unpaired) electrons. The van der Waals surface area contributed by atoms with Crippen molar-refractivity contribution >= 4 is 19.8 Å². The molecule has 0 bridgehead atoms. The van der Waals surface area contributed by atoms with Crippen LogP contribution in [0.25, 0.3) is 0 Å². The number of phosphoric ester groups is 1. The van der Waals surface area contributed by atoms with Crippen molar-refractivity contribution in [3.63, 3.8) is 0 Å². The summed E-state index contributed by atoms with van der Waals surface area (Å²) >= 11 is 0. The van der Waals surface area contributed by atoms with E-state index in [2.05, 4.69) is 13.8 Å². The highest BCUT2D eigenvalue weighted by molar-refractivity contribution is 7.48. The number of phosphoric acid groups is 1. The van der Waals surface area contributed by atoms with Crippen molar-refractivity contribution in [3.8, 4) is 0 Å². The summed E-state index contributed by atoms with van der Waals surface area (Å²) in [6, 6.07) is 0.